The zero-order chi connectivity index (χ0) is 22.1. The summed E-state index contributed by atoms with van der Waals surface area (Å²) >= 11 is 1.81. The highest BCUT2D eigenvalue weighted by atomic mass is 35.5. The van der Waals surface area contributed by atoms with Gasteiger partial charge in [-0.1, -0.05) is 24.3 Å². The fourth-order valence-corrected chi connectivity index (χ4v) is 5.52. The van der Waals surface area contributed by atoms with E-state index >= 15 is 0 Å². The Labute approximate surface area is 218 Å². The van der Waals surface area contributed by atoms with E-state index in [1.807, 2.05) is 6.07 Å². The van der Waals surface area contributed by atoms with Crippen LogP contribution in [0.2, 0.25) is 0 Å². The van der Waals surface area contributed by atoms with Crippen molar-refractivity contribution in [1.29, 1.82) is 0 Å². The van der Waals surface area contributed by atoms with E-state index in [2.05, 4.69) is 77.6 Å². The number of ether oxygens (including phenoxy) is 1. The standard InChI is InChI=1S/C26H30N4OS.2ClH/c1-18-15-22-25(27-23-9-4-5-10-24(23)28-26(22)32-18)30-14-13-29(2)20(17-30)12-11-19-7-6-8-21(16-19)31-3;;/h4-10,15-16,20,28H,11-14,17H2,1-3H3;2*1H/t20-;;/m0../s1. The molecule has 34 heavy (non-hydrogen) atoms. The van der Waals surface area contributed by atoms with Crippen molar-refractivity contribution in [2.75, 3.05) is 39.1 Å². The van der Waals surface area contributed by atoms with Crippen LogP contribution in [-0.2, 0) is 6.42 Å². The minimum Gasteiger partial charge on any atom is -0.497 e. The number of benzene rings is 2. The molecule has 2 aliphatic heterocycles. The van der Waals surface area contributed by atoms with E-state index in [1.165, 1.54) is 21.0 Å². The molecule has 8 heteroatoms. The quantitative estimate of drug-likeness (QED) is 0.440. The molecule has 0 saturated carbocycles. The number of nitrogens with one attached hydrogen (secondary N) is 1. The molecule has 0 bridgehead atoms. The van der Waals surface area contributed by atoms with Gasteiger partial charge in [0.05, 0.1) is 24.0 Å². The van der Waals surface area contributed by atoms with E-state index in [4.69, 9.17) is 9.73 Å². The Balaban J connectivity index is 0.00000162. The molecule has 5 nitrogen and oxygen atoms in total. The first-order chi connectivity index (χ1) is 15.6. The van der Waals surface area contributed by atoms with E-state index in [0.29, 0.717) is 6.04 Å². The minimum absolute atomic E-state index is 0. The summed E-state index contributed by atoms with van der Waals surface area (Å²) in [6.07, 6.45) is 2.15. The van der Waals surface area contributed by atoms with Crippen molar-refractivity contribution < 1.29 is 4.74 Å². The monoisotopic (exact) mass is 518 g/mol. The number of thiophene rings is 1. The highest BCUT2D eigenvalue weighted by Crippen LogP contribution is 2.39. The first-order valence-corrected chi connectivity index (χ1v) is 12.1. The third kappa shape index (κ3) is 5.52. The second kappa shape index (κ2) is 11.5. The van der Waals surface area contributed by atoms with Crippen LogP contribution in [-0.4, -0.2) is 55.5 Å². The Hall–Kier alpha value is -2.25. The number of halogens is 2. The number of likely N-dealkylation sites (N-methyl/N-ethyl adjacent to an activating group) is 1. The van der Waals surface area contributed by atoms with Gasteiger partial charge in [0.25, 0.3) is 0 Å². The molecule has 0 aliphatic carbocycles. The number of methoxy groups -OCH3 is 1. The van der Waals surface area contributed by atoms with Crippen molar-refractivity contribution in [3.63, 3.8) is 0 Å². The molecule has 0 radical (unpaired) electrons. The second-order valence-electron chi connectivity index (χ2n) is 8.65. The number of hydrogen-bond acceptors (Lipinski definition) is 6. The maximum Gasteiger partial charge on any atom is 0.139 e. The topological polar surface area (TPSA) is 40.1 Å². The van der Waals surface area contributed by atoms with Crippen LogP contribution < -0.4 is 10.1 Å². The molecule has 1 atom stereocenters. The summed E-state index contributed by atoms with van der Waals surface area (Å²) in [7, 11) is 3.98. The summed E-state index contributed by atoms with van der Waals surface area (Å²) in [5.74, 6) is 2.03. The van der Waals surface area contributed by atoms with Crippen LogP contribution in [0.15, 0.2) is 59.6 Å². The van der Waals surface area contributed by atoms with Crippen LogP contribution in [0, 0.1) is 6.92 Å². The van der Waals surface area contributed by atoms with E-state index in [9.17, 15) is 0 Å². The molecule has 3 heterocycles. The number of para-hydroxylation sites is 2. The predicted octanol–water partition coefficient (Wildman–Crippen LogP) is 6.29. The van der Waals surface area contributed by atoms with Crippen molar-refractivity contribution in [2.24, 2.45) is 4.99 Å². The Bertz CT molecular complexity index is 1150. The van der Waals surface area contributed by atoms with Gasteiger partial charge in [-0.05, 0) is 62.7 Å². The number of hydrogen-bond donors (Lipinski definition) is 1. The van der Waals surface area contributed by atoms with E-state index in [1.54, 1.807) is 18.4 Å². The van der Waals surface area contributed by atoms with Gasteiger partial charge in [-0.2, -0.15) is 0 Å². The first-order valence-electron chi connectivity index (χ1n) is 11.2. The van der Waals surface area contributed by atoms with Gasteiger partial charge < -0.3 is 15.0 Å². The third-order valence-corrected chi connectivity index (χ3v) is 7.42. The number of nitrogens with zero attached hydrogens (tertiary/aromatic N) is 3. The van der Waals surface area contributed by atoms with Crippen LogP contribution in [0.5, 0.6) is 5.75 Å². The molecular weight excluding hydrogens is 487 g/mol. The SMILES string of the molecule is COc1cccc(CC[C@H]2CN(C3=Nc4ccccc4Nc4sc(C)cc43)CCN2C)c1.Cl.Cl. The molecule has 2 aromatic carbocycles. The lowest BCUT2D eigenvalue weighted by Crippen LogP contribution is -2.53. The van der Waals surface area contributed by atoms with Gasteiger partial charge in [0.2, 0.25) is 0 Å². The van der Waals surface area contributed by atoms with Gasteiger partial charge in [-0.15, -0.1) is 36.2 Å². The number of aryl methyl sites for hydroxylation is 2. The Morgan fingerprint density at radius 1 is 1.09 bits per heavy atom. The van der Waals surface area contributed by atoms with E-state index in [-0.39, 0.29) is 24.8 Å². The summed E-state index contributed by atoms with van der Waals surface area (Å²) in [6.45, 7) is 5.18. The number of aliphatic imine (C=N–C) groups is 1. The van der Waals surface area contributed by atoms with Crippen LogP contribution in [0.4, 0.5) is 16.4 Å². The number of amidine groups is 1. The zero-order valence-corrected chi connectivity index (χ0v) is 22.2. The maximum atomic E-state index is 5.40. The number of anilines is 2. The van der Waals surface area contributed by atoms with Gasteiger partial charge in [0.15, 0.2) is 0 Å². The molecule has 0 spiro atoms. The Morgan fingerprint density at radius 3 is 2.74 bits per heavy atom. The molecule has 1 N–H and O–H groups in total. The van der Waals surface area contributed by atoms with Crippen molar-refractivity contribution >= 4 is 58.4 Å². The van der Waals surface area contributed by atoms with Gasteiger partial charge >= 0.3 is 0 Å². The highest BCUT2D eigenvalue weighted by molar-refractivity contribution is 7.16. The average molecular weight is 520 g/mol. The molecular formula is C26H32Cl2N4OS. The van der Waals surface area contributed by atoms with Gasteiger partial charge in [0, 0.05) is 30.6 Å². The fourth-order valence-electron chi connectivity index (χ4n) is 4.60. The first kappa shape index (κ1) is 26.4. The summed E-state index contributed by atoms with van der Waals surface area (Å²) in [5, 5.41) is 4.82. The lowest BCUT2D eigenvalue weighted by atomic mass is 10.0. The molecule has 182 valence electrons. The molecule has 0 unspecified atom stereocenters. The Kier molecular flexibility index (Phi) is 8.88. The van der Waals surface area contributed by atoms with E-state index < -0.39 is 0 Å². The third-order valence-electron chi connectivity index (χ3n) is 6.45. The fraction of sp³-hybridized carbons (Fsp3) is 0.346. The van der Waals surface area contributed by atoms with Crippen molar-refractivity contribution in [3.8, 4) is 5.75 Å². The lowest BCUT2D eigenvalue weighted by molar-refractivity contribution is 0.134. The molecule has 1 aromatic heterocycles. The zero-order valence-electron chi connectivity index (χ0n) is 19.8. The summed E-state index contributed by atoms with van der Waals surface area (Å²) in [4.78, 5) is 11.5. The largest absolute Gasteiger partial charge is 0.497 e. The molecule has 2 aliphatic rings. The average Bonchev–Trinajstić information content (AvgIpc) is 3.10. The van der Waals surface area contributed by atoms with Gasteiger partial charge in [-0.3, -0.25) is 4.90 Å². The van der Waals surface area contributed by atoms with Crippen molar-refractivity contribution in [2.45, 2.75) is 25.8 Å². The summed E-state index contributed by atoms with van der Waals surface area (Å²) in [5.41, 5.74) is 4.64. The number of fused-ring (bicyclic) bond motifs is 2. The summed E-state index contributed by atoms with van der Waals surface area (Å²) in [6, 6.07) is 19.5. The molecule has 0 amide bonds. The molecule has 3 aromatic rings. The van der Waals surface area contributed by atoms with Crippen molar-refractivity contribution in [1.82, 2.24) is 9.80 Å². The predicted molar refractivity (Wildman–Crippen MR) is 149 cm³/mol. The molecule has 1 fully saturated rings. The van der Waals surface area contributed by atoms with Gasteiger partial charge in [-0.25, -0.2) is 4.99 Å². The number of piperazine rings is 1. The van der Waals surface area contributed by atoms with Crippen LogP contribution in [0.1, 0.15) is 22.4 Å². The van der Waals surface area contributed by atoms with Crippen LogP contribution in [0.3, 0.4) is 0 Å². The summed E-state index contributed by atoms with van der Waals surface area (Å²) < 4.78 is 5.40. The second-order valence-corrected chi connectivity index (χ2v) is 9.90. The molecule has 5 rings (SSSR count). The van der Waals surface area contributed by atoms with Gasteiger partial charge in [0.1, 0.15) is 16.6 Å². The van der Waals surface area contributed by atoms with Crippen LogP contribution in [0.25, 0.3) is 0 Å². The maximum absolute atomic E-state index is 5.40. The Morgan fingerprint density at radius 2 is 1.91 bits per heavy atom. The van der Waals surface area contributed by atoms with Crippen LogP contribution >= 0.6 is 36.2 Å². The highest BCUT2D eigenvalue weighted by Gasteiger charge is 2.29. The smallest absolute Gasteiger partial charge is 0.139 e. The number of rotatable bonds is 4. The lowest BCUT2D eigenvalue weighted by Gasteiger charge is -2.41. The van der Waals surface area contributed by atoms with E-state index in [0.717, 1.165) is 55.4 Å². The minimum atomic E-state index is 0. The molecule has 1 saturated heterocycles. The normalized spacial score (nSPS) is 17.2. The van der Waals surface area contributed by atoms with Crippen molar-refractivity contribution in [3.05, 3.63) is 70.6 Å².